The van der Waals surface area contributed by atoms with Crippen LogP contribution in [0, 0.1) is 0 Å². The molecule has 0 fully saturated rings. The van der Waals surface area contributed by atoms with E-state index in [-0.39, 0.29) is 0 Å². The Morgan fingerprint density at radius 1 is 0.444 bits per heavy atom. The fraction of sp³-hybridized carbons (Fsp3) is 0. The zero-order valence-electron chi connectivity index (χ0n) is 28.9. The smallest absolute Gasteiger partial charge is 0.227 e. The molecule has 3 aromatic heterocycles. The van der Waals surface area contributed by atoms with Crippen molar-refractivity contribution in [2.24, 2.45) is 0 Å². The van der Waals surface area contributed by atoms with Crippen LogP contribution in [0.2, 0.25) is 0 Å². The molecule has 0 saturated carbocycles. The Balaban J connectivity index is 1.05. The van der Waals surface area contributed by atoms with Gasteiger partial charge in [0.1, 0.15) is 16.7 Å². The van der Waals surface area contributed by atoms with E-state index in [4.69, 9.17) is 13.8 Å². The van der Waals surface area contributed by atoms with Gasteiger partial charge in [-0.2, -0.15) is 0 Å². The van der Waals surface area contributed by atoms with Gasteiger partial charge in [-0.15, -0.1) is 11.3 Å². The molecule has 0 amide bonds. The van der Waals surface area contributed by atoms with Crippen LogP contribution >= 0.6 is 11.3 Å². The summed E-state index contributed by atoms with van der Waals surface area (Å²) >= 11 is 1.84. The number of thiophene rings is 1. The van der Waals surface area contributed by atoms with Gasteiger partial charge in [-0.25, -0.2) is 4.98 Å². The number of anilines is 3. The van der Waals surface area contributed by atoms with Crippen molar-refractivity contribution in [2.45, 2.75) is 0 Å². The quantitative estimate of drug-likeness (QED) is 0.172. The molecule has 5 heteroatoms. The summed E-state index contributed by atoms with van der Waals surface area (Å²) in [5, 5.41) is 4.56. The summed E-state index contributed by atoms with van der Waals surface area (Å²) in [7, 11) is 0. The lowest BCUT2D eigenvalue weighted by molar-refractivity contribution is 0.619. The third kappa shape index (κ3) is 4.94. The minimum Gasteiger partial charge on any atom is -0.455 e. The van der Waals surface area contributed by atoms with Gasteiger partial charge in [0, 0.05) is 53.6 Å². The number of fused-ring (bicyclic) bond motifs is 8. The van der Waals surface area contributed by atoms with Crippen LogP contribution < -0.4 is 4.90 Å². The van der Waals surface area contributed by atoms with Crippen LogP contribution in [0.3, 0.4) is 0 Å². The Bertz CT molecular complexity index is 3160. The third-order valence-electron chi connectivity index (χ3n) is 10.3. The van der Waals surface area contributed by atoms with Gasteiger partial charge in [0.15, 0.2) is 5.58 Å². The van der Waals surface area contributed by atoms with Crippen LogP contribution in [-0.4, -0.2) is 4.98 Å². The van der Waals surface area contributed by atoms with Crippen LogP contribution in [0.5, 0.6) is 0 Å². The van der Waals surface area contributed by atoms with Gasteiger partial charge in [-0.05, 0) is 71.8 Å². The predicted octanol–water partition coefficient (Wildman–Crippen LogP) is 14.6. The number of hydrogen-bond acceptors (Lipinski definition) is 5. The van der Waals surface area contributed by atoms with Crippen LogP contribution in [-0.2, 0) is 0 Å². The maximum Gasteiger partial charge on any atom is 0.227 e. The number of oxazole rings is 1. The van der Waals surface area contributed by atoms with Crippen molar-refractivity contribution in [3.8, 4) is 33.7 Å². The first-order valence-electron chi connectivity index (χ1n) is 18.0. The van der Waals surface area contributed by atoms with E-state index in [1.54, 1.807) is 0 Å². The minimum atomic E-state index is 0.601. The predicted molar refractivity (Wildman–Crippen MR) is 225 cm³/mol. The molecular formula is C49H30N2O2S. The van der Waals surface area contributed by atoms with E-state index in [1.165, 1.54) is 31.3 Å². The van der Waals surface area contributed by atoms with Crippen LogP contribution in [0.15, 0.2) is 191 Å². The molecule has 0 unspecified atom stereocenters. The van der Waals surface area contributed by atoms with Gasteiger partial charge < -0.3 is 13.7 Å². The lowest BCUT2D eigenvalue weighted by atomic mass is 10.00. The Labute approximate surface area is 314 Å². The van der Waals surface area contributed by atoms with Crippen molar-refractivity contribution in [1.82, 2.24) is 4.98 Å². The third-order valence-corrected chi connectivity index (χ3v) is 11.5. The van der Waals surface area contributed by atoms with Gasteiger partial charge in [0.2, 0.25) is 5.89 Å². The molecule has 0 aliphatic heterocycles. The fourth-order valence-electron chi connectivity index (χ4n) is 7.81. The highest BCUT2D eigenvalue weighted by molar-refractivity contribution is 7.25. The molecule has 0 spiro atoms. The van der Waals surface area contributed by atoms with Crippen molar-refractivity contribution < 1.29 is 8.83 Å². The van der Waals surface area contributed by atoms with Gasteiger partial charge in [0.25, 0.3) is 0 Å². The fourth-order valence-corrected chi connectivity index (χ4v) is 8.95. The van der Waals surface area contributed by atoms with E-state index in [0.29, 0.717) is 5.89 Å². The van der Waals surface area contributed by atoms with E-state index >= 15 is 0 Å². The molecule has 8 aromatic carbocycles. The molecule has 54 heavy (non-hydrogen) atoms. The largest absolute Gasteiger partial charge is 0.455 e. The standard InChI is InChI=1S/C49H30N2O2S/c1-3-12-31(13-4-1)36-16-7-9-20-41(36)51(35-26-27-39-38-17-8-10-21-44(38)54-45(39)30-35)34-24-22-32(23-25-34)37-18-11-19-40-46-42(52-48(37)40)28-29-43-47(46)50-49(53-43)33-14-5-2-6-15-33/h1-30H. The highest BCUT2D eigenvalue weighted by Gasteiger charge is 2.21. The summed E-state index contributed by atoms with van der Waals surface area (Å²) in [5.74, 6) is 0.601. The van der Waals surface area contributed by atoms with Crippen LogP contribution in [0.4, 0.5) is 17.1 Å². The molecule has 4 nitrogen and oxygen atoms in total. The maximum absolute atomic E-state index is 6.62. The Morgan fingerprint density at radius 2 is 1.09 bits per heavy atom. The monoisotopic (exact) mass is 710 g/mol. The average molecular weight is 711 g/mol. The lowest BCUT2D eigenvalue weighted by Gasteiger charge is -2.28. The summed E-state index contributed by atoms with van der Waals surface area (Å²) < 4.78 is 15.4. The number of nitrogens with zero attached hydrogens (tertiary/aromatic N) is 2. The van der Waals surface area contributed by atoms with Crippen molar-refractivity contribution in [1.29, 1.82) is 0 Å². The second-order valence-corrected chi connectivity index (χ2v) is 14.6. The summed E-state index contributed by atoms with van der Waals surface area (Å²) in [6.07, 6.45) is 0. The lowest BCUT2D eigenvalue weighted by Crippen LogP contribution is -2.11. The van der Waals surface area contributed by atoms with Crippen LogP contribution in [0.1, 0.15) is 0 Å². The molecule has 0 aliphatic carbocycles. The van der Waals surface area contributed by atoms with E-state index in [0.717, 1.165) is 66.8 Å². The first-order chi connectivity index (χ1) is 26.8. The maximum atomic E-state index is 6.62. The number of hydrogen-bond donors (Lipinski definition) is 0. The molecule has 0 saturated heterocycles. The Morgan fingerprint density at radius 3 is 1.94 bits per heavy atom. The van der Waals surface area contributed by atoms with Gasteiger partial charge in [0.05, 0.1) is 11.1 Å². The van der Waals surface area contributed by atoms with E-state index in [1.807, 2.05) is 53.8 Å². The van der Waals surface area contributed by atoms with Gasteiger partial charge >= 0.3 is 0 Å². The van der Waals surface area contributed by atoms with Crippen molar-refractivity contribution in [3.05, 3.63) is 182 Å². The van der Waals surface area contributed by atoms with E-state index in [2.05, 4.69) is 144 Å². The Hall–Kier alpha value is -6.95. The number of para-hydroxylation sites is 2. The number of furan rings is 1. The highest BCUT2D eigenvalue weighted by Crippen LogP contribution is 2.45. The second-order valence-electron chi connectivity index (χ2n) is 13.5. The molecular weight excluding hydrogens is 681 g/mol. The zero-order chi connectivity index (χ0) is 35.6. The Kier molecular flexibility index (Phi) is 7.00. The summed E-state index contributed by atoms with van der Waals surface area (Å²) in [4.78, 5) is 7.33. The molecule has 0 radical (unpaired) electrons. The topological polar surface area (TPSA) is 42.4 Å². The molecule has 254 valence electrons. The van der Waals surface area contributed by atoms with E-state index < -0.39 is 0 Å². The first kappa shape index (κ1) is 30.7. The zero-order valence-corrected chi connectivity index (χ0v) is 29.8. The van der Waals surface area contributed by atoms with Gasteiger partial charge in [-0.1, -0.05) is 121 Å². The molecule has 0 N–H and O–H groups in total. The minimum absolute atomic E-state index is 0.601. The summed E-state index contributed by atoms with van der Waals surface area (Å²) in [5.41, 5.74) is 11.8. The summed E-state index contributed by atoms with van der Waals surface area (Å²) in [6.45, 7) is 0. The molecule has 11 rings (SSSR count). The molecule has 0 atom stereocenters. The SMILES string of the molecule is c1ccc(-c2nc3c(ccc4oc5c(-c6ccc(N(c7ccc8c(c7)sc7ccccc78)c7ccccc7-c7ccccc7)cc6)cccc5c43)o2)cc1. The highest BCUT2D eigenvalue weighted by atomic mass is 32.1. The number of aromatic nitrogens is 1. The summed E-state index contributed by atoms with van der Waals surface area (Å²) in [6, 6.07) is 63.9. The number of rotatable bonds is 6. The molecule has 3 heterocycles. The van der Waals surface area contributed by atoms with Crippen molar-refractivity contribution >= 4 is 81.6 Å². The molecule has 0 bridgehead atoms. The van der Waals surface area contributed by atoms with E-state index in [9.17, 15) is 0 Å². The second kappa shape index (κ2) is 12.3. The normalized spacial score (nSPS) is 11.7. The van der Waals surface area contributed by atoms with Crippen LogP contribution in [0.25, 0.3) is 86.9 Å². The molecule has 11 aromatic rings. The van der Waals surface area contributed by atoms with Gasteiger partial charge in [-0.3, -0.25) is 0 Å². The van der Waals surface area contributed by atoms with Crippen molar-refractivity contribution in [3.63, 3.8) is 0 Å². The number of benzene rings is 8. The average Bonchev–Trinajstić information content (AvgIpc) is 3.95. The molecule has 0 aliphatic rings. The first-order valence-corrected chi connectivity index (χ1v) is 18.8. The van der Waals surface area contributed by atoms with Crippen molar-refractivity contribution in [2.75, 3.05) is 4.90 Å².